The maximum Gasteiger partial charge on any atom is 0.252 e. The zero-order valence-corrected chi connectivity index (χ0v) is 20.4. The van der Waals surface area contributed by atoms with E-state index in [1.54, 1.807) is 19.2 Å². The van der Waals surface area contributed by atoms with Crippen molar-refractivity contribution >= 4 is 16.8 Å². The zero-order valence-electron chi connectivity index (χ0n) is 19.6. The van der Waals surface area contributed by atoms with Gasteiger partial charge in [0.25, 0.3) is 5.24 Å². The number of carbonyl (C=O) groups is 1. The van der Waals surface area contributed by atoms with Crippen molar-refractivity contribution in [3.05, 3.63) is 64.7 Å². The van der Waals surface area contributed by atoms with Crippen LogP contribution in [-0.4, -0.2) is 32.4 Å². The third-order valence-corrected chi connectivity index (χ3v) is 8.00. The van der Waals surface area contributed by atoms with Gasteiger partial charge < -0.3 is 14.2 Å². The first-order valence-electron chi connectivity index (χ1n) is 12.2. The average Bonchev–Trinajstić information content (AvgIpc) is 2.82. The number of benzene rings is 2. The van der Waals surface area contributed by atoms with E-state index in [0.717, 1.165) is 34.6 Å². The molecule has 6 rings (SSSR count). The maximum absolute atomic E-state index is 11.3. The van der Waals surface area contributed by atoms with Crippen molar-refractivity contribution in [2.24, 2.45) is 17.8 Å². The van der Waals surface area contributed by atoms with Crippen molar-refractivity contribution in [3.63, 3.8) is 0 Å². The fourth-order valence-electron chi connectivity index (χ4n) is 6.72. The molecule has 0 radical (unpaired) electrons. The molecule has 2 aromatic rings. The van der Waals surface area contributed by atoms with Crippen LogP contribution in [-0.2, 0) is 14.9 Å². The van der Waals surface area contributed by atoms with Crippen molar-refractivity contribution in [3.8, 4) is 17.6 Å². The van der Waals surface area contributed by atoms with Gasteiger partial charge in [-0.1, -0.05) is 11.8 Å². The summed E-state index contributed by atoms with van der Waals surface area (Å²) < 4.78 is 16.8. The molecule has 4 aliphatic rings. The summed E-state index contributed by atoms with van der Waals surface area (Å²) in [4.78, 5) is 11.3. The molecule has 0 aliphatic heterocycles. The highest BCUT2D eigenvalue weighted by atomic mass is 35.5. The normalized spacial score (nSPS) is 26.7. The number of methoxy groups -OCH3 is 1. The summed E-state index contributed by atoms with van der Waals surface area (Å²) in [7, 11) is 1.67. The Kier molecular flexibility index (Phi) is 6.97. The number of carbonyl (C=O) groups excluding carboxylic acids is 1. The summed E-state index contributed by atoms with van der Waals surface area (Å²) >= 11 is 5.55. The Bertz CT molecular complexity index is 1060. The summed E-state index contributed by atoms with van der Waals surface area (Å²) in [5.41, 5.74) is 3.81. The Labute approximate surface area is 206 Å². The second-order valence-electron chi connectivity index (χ2n) is 10.2. The lowest BCUT2D eigenvalue weighted by Crippen LogP contribution is -2.48. The lowest BCUT2D eigenvalue weighted by atomic mass is 9.48. The average molecular weight is 479 g/mol. The van der Waals surface area contributed by atoms with Gasteiger partial charge in [-0.15, -0.1) is 0 Å². The first-order chi connectivity index (χ1) is 16.5. The second kappa shape index (κ2) is 10.1. The van der Waals surface area contributed by atoms with Gasteiger partial charge in [0.05, 0.1) is 13.2 Å². The van der Waals surface area contributed by atoms with Gasteiger partial charge >= 0.3 is 0 Å². The van der Waals surface area contributed by atoms with E-state index in [0.29, 0.717) is 18.8 Å². The number of rotatable bonds is 8. The molecule has 4 bridgehead atoms. The Morgan fingerprint density at radius 1 is 0.941 bits per heavy atom. The molecule has 0 amide bonds. The maximum atomic E-state index is 11.3. The van der Waals surface area contributed by atoms with Crippen LogP contribution in [0.4, 0.5) is 0 Å². The molecule has 4 aliphatic carbocycles. The molecule has 4 saturated carbocycles. The topological polar surface area (TPSA) is 44.8 Å². The fourth-order valence-corrected chi connectivity index (χ4v) is 6.85. The largest absolute Gasteiger partial charge is 0.467 e. The molecule has 0 spiro atoms. The molecule has 178 valence electrons. The van der Waals surface area contributed by atoms with Gasteiger partial charge in [0.2, 0.25) is 0 Å². The number of ether oxygens (including phenoxy) is 3. The van der Waals surface area contributed by atoms with Gasteiger partial charge in [-0.25, -0.2) is 0 Å². The predicted octanol–water partition coefficient (Wildman–Crippen LogP) is 5.93. The molecular weight excluding hydrogens is 448 g/mol. The molecule has 0 saturated heterocycles. The summed E-state index contributed by atoms with van der Waals surface area (Å²) in [6.45, 7) is 1.29. The predicted molar refractivity (Wildman–Crippen MR) is 132 cm³/mol. The minimum atomic E-state index is -0.457. The Balaban J connectivity index is 1.42. The van der Waals surface area contributed by atoms with Gasteiger partial charge in [0.1, 0.15) is 5.75 Å². The molecule has 0 atom stereocenters. The molecule has 0 heterocycles. The van der Waals surface area contributed by atoms with Crippen LogP contribution in [0.5, 0.6) is 5.75 Å². The monoisotopic (exact) mass is 478 g/mol. The van der Waals surface area contributed by atoms with Crippen LogP contribution >= 0.6 is 11.6 Å². The van der Waals surface area contributed by atoms with Crippen molar-refractivity contribution in [2.45, 2.75) is 43.9 Å². The molecule has 0 N–H and O–H groups in total. The third-order valence-electron chi connectivity index (χ3n) is 7.78. The van der Waals surface area contributed by atoms with E-state index in [1.807, 2.05) is 18.2 Å². The van der Waals surface area contributed by atoms with E-state index in [-0.39, 0.29) is 12.2 Å². The van der Waals surface area contributed by atoms with Crippen molar-refractivity contribution in [1.29, 1.82) is 0 Å². The van der Waals surface area contributed by atoms with Crippen LogP contribution in [0.15, 0.2) is 42.5 Å². The lowest BCUT2D eigenvalue weighted by molar-refractivity contribution is -0.0189. The van der Waals surface area contributed by atoms with E-state index < -0.39 is 5.24 Å². The highest BCUT2D eigenvalue weighted by Gasteiger charge is 2.52. The highest BCUT2D eigenvalue weighted by Crippen LogP contribution is 2.61. The molecule has 4 fully saturated rings. The quantitative estimate of drug-likeness (QED) is 0.204. The summed E-state index contributed by atoms with van der Waals surface area (Å²) in [5.74, 6) is 10.0. The summed E-state index contributed by atoms with van der Waals surface area (Å²) in [6, 6.07) is 13.4. The van der Waals surface area contributed by atoms with Crippen LogP contribution in [0.1, 0.15) is 65.6 Å². The van der Waals surface area contributed by atoms with E-state index >= 15 is 0 Å². The van der Waals surface area contributed by atoms with E-state index in [9.17, 15) is 4.79 Å². The van der Waals surface area contributed by atoms with Gasteiger partial charge in [0.15, 0.2) is 6.79 Å². The second-order valence-corrected chi connectivity index (χ2v) is 10.5. The first-order valence-corrected chi connectivity index (χ1v) is 12.6. The Morgan fingerprint density at radius 3 is 2.18 bits per heavy atom. The van der Waals surface area contributed by atoms with Crippen LogP contribution < -0.4 is 4.74 Å². The molecule has 34 heavy (non-hydrogen) atoms. The van der Waals surface area contributed by atoms with Gasteiger partial charge in [-0.2, -0.15) is 0 Å². The highest BCUT2D eigenvalue weighted by molar-refractivity contribution is 6.67. The smallest absolute Gasteiger partial charge is 0.252 e. The zero-order chi connectivity index (χ0) is 23.5. The van der Waals surface area contributed by atoms with Crippen molar-refractivity contribution in [2.75, 3.05) is 27.1 Å². The standard InChI is InChI=1S/C29H31ClO4/c1-32-10-11-33-19-34-27-9-6-21(3-2-20-4-7-25(8-5-20)28(30)31)15-26(27)29-16-22-12-23(17-29)14-24(13-22)18-29/h4-9,15,22-24H,10-14,16-19H2,1H3. The SMILES string of the molecule is COCCOCOc1ccc(C#Cc2ccc(C(=O)Cl)cc2)cc1C12CC3CC(CC(C3)C1)C2. The van der Waals surface area contributed by atoms with Crippen molar-refractivity contribution in [1.82, 2.24) is 0 Å². The van der Waals surface area contributed by atoms with Gasteiger partial charge in [0, 0.05) is 29.4 Å². The van der Waals surface area contributed by atoms with Crippen molar-refractivity contribution < 1.29 is 19.0 Å². The Hall–Kier alpha value is -2.32. The molecular formula is C29H31ClO4. The summed E-state index contributed by atoms with van der Waals surface area (Å²) in [6.07, 6.45) is 7.96. The number of hydrogen-bond acceptors (Lipinski definition) is 4. The van der Waals surface area contributed by atoms with Crippen LogP contribution in [0.3, 0.4) is 0 Å². The number of hydrogen-bond donors (Lipinski definition) is 0. The minimum Gasteiger partial charge on any atom is -0.467 e. The Morgan fingerprint density at radius 2 is 1.56 bits per heavy atom. The van der Waals surface area contributed by atoms with E-state index in [2.05, 4.69) is 24.0 Å². The first kappa shape index (κ1) is 23.4. The molecule has 0 unspecified atom stereocenters. The molecule has 0 aromatic heterocycles. The number of halogens is 1. The third kappa shape index (κ3) is 5.03. The van der Waals surface area contributed by atoms with E-state index in [1.165, 1.54) is 44.1 Å². The van der Waals surface area contributed by atoms with Crippen LogP contribution in [0.2, 0.25) is 0 Å². The van der Waals surface area contributed by atoms with Gasteiger partial charge in [-0.3, -0.25) is 4.79 Å². The van der Waals surface area contributed by atoms with E-state index in [4.69, 9.17) is 25.8 Å². The molecule has 2 aromatic carbocycles. The van der Waals surface area contributed by atoms with Crippen LogP contribution in [0.25, 0.3) is 0 Å². The summed E-state index contributed by atoms with van der Waals surface area (Å²) in [5, 5.41) is -0.457. The molecule has 4 nitrogen and oxygen atoms in total. The lowest BCUT2D eigenvalue weighted by Gasteiger charge is -2.57. The van der Waals surface area contributed by atoms with Crippen LogP contribution in [0, 0.1) is 29.6 Å². The fraction of sp³-hybridized carbons (Fsp3) is 0.483. The molecule has 5 heteroatoms. The minimum absolute atomic E-state index is 0.191. The van der Waals surface area contributed by atoms with Gasteiger partial charge in [-0.05, 0) is 116 Å².